The number of benzene rings is 1. The Balaban J connectivity index is 2.32. The van der Waals surface area contributed by atoms with Crippen LogP contribution in [-0.4, -0.2) is 14.1 Å². The maximum atomic E-state index is 13.9. The van der Waals surface area contributed by atoms with Crippen molar-refractivity contribution in [3.05, 3.63) is 58.2 Å². The van der Waals surface area contributed by atoms with Crippen LogP contribution < -0.4 is 5.73 Å². The van der Waals surface area contributed by atoms with E-state index in [-0.39, 0.29) is 17.0 Å². The lowest BCUT2D eigenvalue weighted by Crippen LogP contribution is -2.04. The summed E-state index contributed by atoms with van der Waals surface area (Å²) in [5.41, 5.74) is 5.24. The van der Waals surface area contributed by atoms with Gasteiger partial charge in [0.15, 0.2) is 0 Å². The van der Waals surface area contributed by atoms with Crippen LogP contribution in [0.25, 0.3) is 0 Å². The van der Waals surface area contributed by atoms with E-state index in [9.17, 15) is 18.7 Å². The highest BCUT2D eigenvalue weighted by Gasteiger charge is 2.19. The van der Waals surface area contributed by atoms with Gasteiger partial charge in [0.1, 0.15) is 0 Å². The molecular weight excluding hydrogens is 285 g/mol. The van der Waals surface area contributed by atoms with Crippen LogP contribution in [0, 0.1) is 15.9 Å². The molecule has 0 saturated carbocycles. The summed E-state index contributed by atoms with van der Waals surface area (Å²) in [5.74, 6) is -1.17. The van der Waals surface area contributed by atoms with Crippen molar-refractivity contribution < 1.29 is 13.5 Å². The van der Waals surface area contributed by atoms with Gasteiger partial charge in [0, 0.05) is 17.8 Å². The molecule has 2 N–H and O–H groups in total. The highest BCUT2D eigenvalue weighted by Crippen LogP contribution is 2.24. The molecule has 0 bridgehead atoms. The zero-order valence-electron chi connectivity index (χ0n) is 10.2. The molecule has 0 amide bonds. The monoisotopic (exact) mass is 295 g/mol. The predicted molar refractivity (Wildman–Crippen MR) is 71.8 cm³/mol. The smallest absolute Gasteiger partial charge is 0.305 e. The molecule has 104 valence electrons. The second-order valence-corrected chi connectivity index (χ2v) is 5.33. The van der Waals surface area contributed by atoms with Gasteiger partial charge in [0.05, 0.1) is 38.3 Å². The summed E-state index contributed by atoms with van der Waals surface area (Å²) in [5, 5.41) is 10.6. The molecule has 6 nitrogen and oxygen atoms in total. The number of anilines is 1. The molecule has 0 aliphatic rings. The fraction of sp³-hybridized carbons (Fsp3) is 0.0833. The number of nitrogen functional groups attached to an aromatic ring is 1. The van der Waals surface area contributed by atoms with E-state index in [1.807, 2.05) is 0 Å². The molecule has 2 aromatic rings. The van der Waals surface area contributed by atoms with Gasteiger partial charge in [0.25, 0.3) is 0 Å². The Morgan fingerprint density at radius 3 is 2.80 bits per heavy atom. The van der Waals surface area contributed by atoms with Crippen LogP contribution in [0.5, 0.6) is 0 Å². The number of nitro benzene ring substituents is 1. The molecule has 1 aromatic heterocycles. The summed E-state index contributed by atoms with van der Waals surface area (Å²) >= 11 is 0. The first-order valence-electron chi connectivity index (χ1n) is 5.50. The van der Waals surface area contributed by atoms with Crippen molar-refractivity contribution in [1.29, 1.82) is 0 Å². The average molecular weight is 295 g/mol. The van der Waals surface area contributed by atoms with Crippen molar-refractivity contribution in [3.8, 4) is 0 Å². The van der Waals surface area contributed by atoms with Crippen LogP contribution in [0.3, 0.4) is 0 Å². The van der Waals surface area contributed by atoms with Gasteiger partial charge in [-0.15, -0.1) is 0 Å². The number of nitro groups is 1. The van der Waals surface area contributed by atoms with Gasteiger partial charge in [-0.25, -0.2) is 0 Å². The Morgan fingerprint density at radius 1 is 1.40 bits per heavy atom. The zero-order chi connectivity index (χ0) is 14.7. The van der Waals surface area contributed by atoms with Crippen molar-refractivity contribution in [2.45, 2.75) is 10.6 Å². The van der Waals surface area contributed by atoms with Crippen molar-refractivity contribution in [2.24, 2.45) is 0 Å². The van der Waals surface area contributed by atoms with Crippen molar-refractivity contribution in [2.75, 3.05) is 5.73 Å². The minimum absolute atomic E-state index is 0.00810. The lowest BCUT2D eigenvalue weighted by atomic mass is 10.2. The van der Waals surface area contributed by atoms with Gasteiger partial charge >= 0.3 is 5.69 Å². The second kappa shape index (κ2) is 5.74. The molecular formula is C12H10FN3O3S. The van der Waals surface area contributed by atoms with E-state index in [4.69, 9.17) is 5.73 Å². The van der Waals surface area contributed by atoms with Crippen LogP contribution in [0.15, 0.2) is 41.6 Å². The SMILES string of the molecule is Nc1cnccc1S(=O)Cc1cccc([N+](=O)[O-])c1F. The van der Waals surface area contributed by atoms with E-state index in [0.717, 1.165) is 6.07 Å². The maximum Gasteiger partial charge on any atom is 0.305 e. The molecule has 1 heterocycles. The number of nitrogens with two attached hydrogens (primary N) is 1. The van der Waals surface area contributed by atoms with Crippen LogP contribution in [0.1, 0.15) is 5.56 Å². The lowest BCUT2D eigenvalue weighted by molar-refractivity contribution is -0.387. The molecule has 1 atom stereocenters. The lowest BCUT2D eigenvalue weighted by Gasteiger charge is -2.06. The van der Waals surface area contributed by atoms with E-state index in [1.54, 1.807) is 0 Å². The quantitative estimate of drug-likeness (QED) is 0.687. The van der Waals surface area contributed by atoms with Crippen molar-refractivity contribution in [3.63, 3.8) is 0 Å². The van der Waals surface area contributed by atoms with Crippen LogP contribution in [0.4, 0.5) is 15.8 Å². The van der Waals surface area contributed by atoms with E-state index in [1.165, 1.54) is 30.6 Å². The molecule has 0 saturated heterocycles. The fourth-order valence-corrected chi connectivity index (χ4v) is 2.83. The molecule has 0 fully saturated rings. The number of aromatic nitrogens is 1. The minimum atomic E-state index is -1.61. The first kappa shape index (κ1) is 14.1. The Hall–Kier alpha value is -2.35. The van der Waals surface area contributed by atoms with Gasteiger partial charge in [-0.05, 0) is 6.07 Å². The highest BCUT2D eigenvalue weighted by atomic mass is 32.2. The largest absolute Gasteiger partial charge is 0.396 e. The van der Waals surface area contributed by atoms with Gasteiger partial charge in [-0.3, -0.25) is 19.3 Å². The molecule has 20 heavy (non-hydrogen) atoms. The molecule has 0 radical (unpaired) electrons. The van der Waals surface area contributed by atoms with Gasteiger partial charge in [-0.2, -0.15) is 4.39 Å². The average Bonchev–Trinajstić information content (AvgIpc) is 2.41. The topological polar surface area (TPSA) is 99.1 Å². The van der Waals surface area contributed by atoms with Crippen LogP contribution >= 0.6 is 0 Å². The van der Waals surface area contributed by atoms with Crippen molar-refractivity contribution >= 4 is 22.2 Å². The summed E-state index contributed by atoms with van der Waals surface area (Å²) < 4.78 is 26.0. The second-order valence-electron chi connectivity index (χ2n) is 3.91. The molecule has 0 spiro atoms. The summed E-state index contributed by atoms with van der Waals surface area (Å²) in [6.07, 6.45) is 2.77. The first-order chi connectivity index (χ1) is 9.50. The summed E-state index contributed by atoms with van der Waals surface area (Å²) in [7, 11) is -1.61. The minimum Gasteiger partial charge on any atom is -0.396 e. The third kappa shape index (κ3) is 2.80. The highest BCUT2D eigenvalue weighted by molar-refractivity contribution is 7.84. The van der Waals surface area contributed by atoms with E-state index in [0.29, 0.717) is 4.90 Å². The number of pyridine rings is 1. The maximum absolute atomic E-state index is 13.9. The third-order valence-electron chi connectivity index (χ3n) is 2.60. The molecule has 2 rings (SSSR count). The molecule has 1 unspecified atom stereocenters. The Kier molecular flexibility index (Phi) is 4.04. The van der Waals surface area contributed by atoms with Crippen LogP contribution in [0.2, 0.25) is 0 Å². The van der Waals surface area contributed by atoms with E-state index < -0.39 is 27.2 Å². The number of halogens is 1. The number of hydrogen-bond acceptors (Lipinski definition) is 5. The number of hydrogen-bond donors (Lipinski definition) is 1. The standard InChI is InChI=1S/C12H10FN3O3S/c13-12-8(2-1-3-10(12)16(17)18)7-20(19)11-4-5-15-6-9(11)14/h1-6H,7,14H2. The predicted octanol–water partition coefficient (Wildman–Crippen LogP) is 2.02. The normalized spacial score (nSPS) is 12.1. The Morgan fingerprint density at radius 2 is 2.15 bits per heavy atom. The summed E-state index contributed by atoms with van der Waals surface area (Å²) in [4.78, 5) is 13.9. The fourth-order valence-electron chi connectivity index (χ4n) is 1.64. The summed E-state index contributed by atoms with van der Waals surface area (Å²) in [6, 6.07) is 5.24. The molecule has 0 aliphatic carbocycles. The molecule has 8 heteroatoms. The zero-order valence-corrected chi connectivity index (χ0v) is 11.0. The number of nitrogens with zero attached hydrogens (tertiary/aromatic N) is 2. The Labute approximate surface area is 116 Å². The molecule has 0 aliphatic heterocycles. The first-order valence-corrected chi connectivity index (χ1v) is 6.82. The van der Waals surface area contributed by atoms with Crippen molar-refractivity contribution in [1.82, 2.24) is 4.98 Å². The third-order valence-corrected chi connectivity index (χ3v) is 4.03. The van der Waals surface area contributed by atoms with Gasteiger partial charge in [-0.1, -0.05) is 12.1 Å². The van der Waals surface area contributed by atoms with Gasteiger partial charge < -0.3 is 5.73 Å². The van der Waals surface area contributed by atoms with E-state index >= 15 is 0 Å². The summed E-state index contributed by atoms with van der Waals surface area (Å²) in [6.45, 7) is 0. The molecule has 1 aromatic carbocycles. The Bertz CT molecular complexity index is 693. The van der Waals surface area contributed by atoms with Crippen LogP contribution in [-0.2, 0) is 16.6 Å². The number of rotatable bonds is 4. The van der Waals surface area contributed by atoms with Gasteiger partial charge in [0.2, 0.25) is 5.82 Å². The van der Waals surface area contributed by atoms with E-state index in [2.05, 4.69) is 4.98 Å².